The summed E-state index contributed by atoms with van der Waals surface area (Å²) in [5.74, 6) is 0. The Morgan fingerprint density at radius 2 is 1.69 bits per heavy atom. The number of nitrogens with one attached hydrogen (secondary N) is 1. The lowest BCUT2D eigenvalue weighted by Gasteiger charge is -2.36. The minimum atomic E-state index is -3.59. The summed E-state index contributed by atoms with van der Waals surface area (Å²) in [5.41, 5.74) is 3.17. The molecule has 2 atom stereocenters. The Morgan fingerprint density at radius 3 is 2.42 bits per heavy atom. The van der Waals surface area contributed by atoms with Gasteiger partial charge in [-0.25, -0.2) is 13.1 Å². The molecule has 0 radical (unpaired) electrons. The Morgan fingerprint density at radius 1 is 1.00 bits per heavy atom. The summed E-state index contributed by atoms with van der Waals surface area (Å²) in [6.45, 7) is 3.98. The first-order chi connectivity index (χ1) is 12.5. The van der Waals surface area contributed by atoms with Crippen molar-refractivity contribution in [2.75, 3.05) is 13.1 Å². The van der Waals surface area contributed by atoms with Gasteiger partial charge in [0.25, 0.3) is 0 Å². The van der Waals surface area contributed by atoms with Gasteiger partial charge in [0, 0.05) is 6.04 Å². The van der Waals surface area contributed by atoms with Crippen LogP contribution in [0.4, 0.5) is 0 Å². The molecule has 136 valence electrons. The second-order valence-corrected chi connectivity index (χ2v) is 8.85. The van der Waals surface area contributed by atoms with E-state index in [-0.39, 0.29) is 12.1 Å². The topological polar surface area (TPSA) is 49.4 Å². The van der Waals surface area contributed by atoms with Crippen LogP contribution in [0.25, 0.3) is 6.08 Å². The van der Waals surface area contributed by atoms with Crippen molar-refractivity contribution in [3.05, 3.63) is 71.3 Å². The minimum Gasteiger partial charge on any atom is -0.295 e. The second-order valence-electron chi connectivity index (χ2n) is 7.13. The monoisotopic (exact) mass is 368 g/mol. The van der Waals surface area contributed by atoms with Crippen molar-refractivity contribution >= 4 is 16.1 Å². The molecular weight excluding hydrogens is 344 g/mol. The van der Waals surface area contributed by atoms with E-state index in [0.717, 1.165) is 29.8 Å². The minimum absolute atomic E-state index is 0.0487. The summed E-state index contributed by atoms with van der Waals surface area (Å²) in [7, 11) is -3.59. The van der Waals surface area contributed by atoms with Crippen LogP contribution < -0.4 is 4.72 Å². The van der Waals surface area contributed by atoms with E-state index in [1.54, 1.807) is 12.1 Å². The van der Waals surface area contributed by atoms with E-state index >= 15 is 0 Å². The Kier molecular flexibility index (Phi) is 4.69. The van der Waals surface area contributed by atoms with Crippen molar-refractivity contribution in [1.29, 1.82) is 0 Å². The third-order valence-electron chi connectivity index (χ3n) is 5.32. The summed E-state index contributed by atoms with van der Waals surface area (Å²) in [6, 6.07) is 14.8. The number of hydrogen-bond donors (Lipinski definition) is 1. The Labute approximate surface area is 155 Å². The Bertz CT molecular complexity index is 913. The standard InChI is InChI=1S/C21H24N2O2S/c1-16-8-11-18(12-9-16)26(24,25)22-21-19-7-3-2-6-17(19)10-13-20(21)23-14-4-5-15-23/h2-3,6-13,20-22H,4-5,14-15H2,1H3/t20-,21-/m1/s1. The predicted molar refractivity (Wildman–Crippen MR) is 104 cm³/mol. The predicted octanol–water partition coefficient (Wildman–Crippen LogP) is 3.51. The van der Waals surface area contributed by atoms with Crippen LogP contribution >= 0.6 is 0 Å². The molecule has 0 bridgehead atoms. The SMILES string of the molecule is Cc1ccc(S(=O)(=O)N[C@@H]2c3ccccc3C=C[C@H]2N2CCCC2)cc1. The molecule has 1 saturated heterocycles. The van der Waals surface area contributed by atoms with Crippen LogP contribution in [-0.2, 0) is 10.0 Å². The molecule has 2 aliphatic rings. The van der Waals surface area contributed by atoms with Gasteiger partial charge in [-0.05, 0) is 56.1 Å². The quantitative estimate of drug-likeness (QED) is 0.898. The van der Waals surface area contributed by atoms with E-state index in [9.17, 15) is 8.42 Å². The molecule has 2 aromatic rings. The molecule has 0 unspecified atom stereocenters. The van der Waals surface area contributed by atoms with Crippen LogP contribution in [-0.4, -0.2) is 32.4 Å². The van der Waals surface area contributed by atoms with Crippen LogP contribution in [0, 0.1) is 6.92 Å². The third-order valence-corrected chi connectivity index (χ3v) is 6.78. The van der Waals surface area contributed by atoms with Gasteiger partial charge in [0.15, 0.2) is 0 Å². The Balaban J connectivity index is 1.70. The molecule has 26 heavy (non-hydrogen) atoms. The molecule has 1 heterocycles. The average molecular weight is 369 g/mol. The molecule has 1 fully saturated rings. The van der Waals surface area contributed by atoms with Crippen molar-refractivity contribution < 1.29 is 8.42 Å². The number of likely N-dealkylation sites (tertiary alicyclic amines) is 1. The normalized spacial score (nSPS) is 23.1. The van der Waals surface area contributed by atoms with Crippen molar-refractivity contribution in [1.82, 2.24) is 9.62 Å². The van der Waals surface area contributed by atoms with Gasteiger partial charge < -0.3 is 0 Å². The first kappa shape index (κ1) is 17.5. The fraction of sp³-hybridized carbons (Fsp3) is 0.333. The van der Waals surface area contributed by atoms with Gasteiger partial charge >= 0.3 is 0 Å². The molecule has 4 nitrogen and oxygen atoms in total. The zero-order valence-corrected chi connectivity index (χ0v) is 15.7. The lowest BCUT2D eigenvalue weighted by atomic mass is 9.89. The maximum Gasteiger partial charge on any atom is 0.241 e. The molecule has 0 aromatic heterocycles. The van der Waals surface area contributed by atoms with Gasteiger partial charge in [-0.15, -0.1) is 0 Å². The number of rotatable bonds is 4. The summed E-state index contributed by atoms with van der Waals surface area (Å²) < 4.78 is 29.0. The molecule has 5 heteroatoms. The van der Waals surface area contributed by atoms with Gasteiger partial charge in [-0.1, -0.05) is 54.1 Å². The molecule has 2 aromatic carbocycles. The molecule has 4 rings (SSSR count). The maximum atomic E-state index is 13.0. The third kappa shape index (κ3) is 3.34. The Hall–Kier alpha value is -1.95. The number of hydrogen-bond acceptors (Lipinski definition) is 3. The van der Waals surface area contributed by atoms with Crippen molar-refractivity contribution in [3.63, 3.8) is 0 Å². The highest BCUT2D eigenvalue weighted by atomic mass is 32.2. The molecule has 0 saturated carbocycles. The average Bonchev–Trinajstić information content (AvgIpc) is 3.16. The number of sulfonamides is 1. The van der Waals surface area contributed by atoms with E-state index in [4.69, 9.17) is 0 Å². The van der Waals surface area contributed by atoms with E-state index in [1.807, 2.05) is 43.3 Å². The van der Waals surface area contributed by atoms with Crippen molar-refractivity contribution in [2.24, 2.45) is 0 Å². The van der Waals surface area contributed by atoms with Crippen molar-refractivity contribution in [3.8, 4) is 0 Å². The number of aryl methyl sites for hydroxylation is 1. The second kappa shape index (κ2) is 6.99. The molecule has 1 N–H and O–H groups in total. The van der Waals surface area contributed by atoms with Gasteiger partial charge in [0.05, 0.1) is 10.9 Å². The van der Waals surface area contributed by atoms with Gasteiger partial charge in [-0.2, -0.15) is 0 Å². The van der Waals surface area contributed by atoms with Gasteiger partial charge in [0.2, 0.25) is 10.0 Å². The largest absolute Gasteiger partial charge is 0.295 e. The fourth-order valence-electron chi connectivity index (χ4n) is 3.90. The van der Waals surface area contributed by atoms with E-state index < -0.39 is 10.0 Å². The van der Waals surface area contributed by atoms with E-state index in [0.29, 0.717) is 4.90 Å². The zero-order valence-electron chi connectivity index (χ0n) is 14.9. The van der Waals surface area contributed by atoms with Crippen LogP contribution in [0.15, 0.2) is 59.5 Å². The molecule has 0 spiro atoms. The highest BCUT2D eigenvalue weighted by Crippen LogP contribution is 2.33. The summed E-state index contributed by atoms with van der Waals surface area (Å²) in [5, 5.41) is 0. The smallest absolute Gasteiger partial charge is 0.241 e. The van der Waals surface area contributed by atoms with Crippen molar-refractivity contribution in [2.45, 2.75) is 36.7 Å². The van der Waals surface area contributed by atoms with Gasteiger partial charge in [0.1, 0.15) is 0 Å². The summed E-state index contributed by atoms with van der Waals surface area (Å²) >= 11 is 0. The highest BCUT2D eigenvalue weighted by Gasteiger charge is 2.34. The molecule has 0 amide bonds. The number of fused-ring (bicyclic) bond motifs is 1. The van der Waals surface area contributed by atoms with Crippen LogP contribution in [0.3, 0.4) is 0 Å². The highest BCUT2D eigenvalue weighted by molar-refractivity contribution is 7.89. The zero-order chi connectivity index (χ0) is 18.1. The van der Waals surface area contributed by atoms with Crippen LogP contribution in [0.1, 0.15) is 35.6 Å². The lowest BCUT2D eigenvalue weighted by molar-refractivity contribution is 0.243. The van der Waals surface area contributed by atoms with Crippen LogP contribution in [0.2, 0.25) is 0 Å². The maximum absolute atomic E-state index is 13.0. The van der Waals surface area contributed by atoms with Gasteiger partial charge in [-0.3, -0.25) is 4.90 Å². The van der Waals surface area contributed by atoms with E-state index in [1.165, 1.54) is 12.8 Å². The summed E-state index contributed by atoms with van der Waals surface area (Å²) in [6.07, 6.45) is 6.61. The molecular formula is C21H24N2O2S. The summed E-state index contributed by atoms with van der Waals surface area (Å²) in [4.78, 5) is 2.70. The van der Waals surface area contributed by atoms with E-state index in [2.05, 4.69) is 21.8 Å². The van der Waals surface area contributed by atoms with Crippen LogP contribution in [0.5, 0.6) is 0 Å². The first-order valence-electron chi connectivity index (χ1n) is 9.15. The fourth-order valence-corrected chi connectivity index (χ4v) is 5.13. The molecule has 1 aliphatic heterocycles. The first-order valence-corrected chi connectivity index (χ1v) is 10.6. The lowest BCUT2D eigenvalue weighted by Crippen LogP contribution is -2.45. The number of benzene rings is 2. The number of nitrogens with zero attached hydrogens (tertiary/aromatic N) is 1. The molecule has 1 aliphatic carbocycles.